The smallest absolute Gasteiger partial charge is 0.0954 e. The van der Waals surface area contributed by atoms with Crippen LogP contribution in [0.15, 0.2) is 6.33 Å². The molecule has 0 bridgehead atoms. The van der Waals surface area contributed by atoms with Gasteiger partial charge in [0.05, 0.1) is 18.6 Å². The third kappa shape index (κ3) is 2.24. The summed E-state index contributed by atoms with van der Waals surface area (Å²) in [7, 11) is 1.95. The molecule has 0 amide bonds. The van der Waals surface area contributed by atoms with Crippen LogP contribution in [-0.2, 0) is 0 Å². The molecule has 1 fully saturated rings. The second kappa shape index (κ2) is 4.78. The minimum atomic E-state index is -0.104. The molecule has 1 aliphatic carbocycles. The Hall–Kier alpha value is -0.870. The van der Waals surface area contributed by atoms with Crippen LogP contribution in [-0.4, -0.2) is 33.9 Å². The van der Waals surface area contributed by atoms with Gasteiger partial charge in [0.25, 0.3) is 0 Å². The average Bonchev–Trinajstić information content (AvgIpc) is 2.70. The second-order valence-electron chi connectivity index (χ2n) is 5.26. The normalized spacial score (nSPS) is 29.5. The van der Waals surface area contributed by atoms with Gasteiger partial charge in [-0.1, -0.05) is 0 Å². The molecule has 2 atom stereocenters. The number of nitrogens with zero attached hydrogens (tertiary/aromatic N) is 2. The fraction of sp³-hybridized carbons (Fsp3) is 0.769. The summed E-state index contributed by atoms with van der Waals surface area (Å²) in [6.45, 7) is 4.38. The number of hydrogen-bond acceptors (Lipinski definition) is 3. The van der Waals surface area contributed by atoms with Crippen LogP contribution in [0.1, 0.15) is 43.1 Å². The van der Waals surface area contributed by atoms with Crippen molar-refractivity contribution in [2.75, 3.05) is 13.7 Å². The lowest BCUT2D eigenvalue weighted by Crippen LogP contribution is -2.50. The predicted octanol–water partition coefficient (Wildman–Crippen LogP) is 1.57. The van der Waals surface area contributed by atoms with Crippen molar-refractivity contribution in [2.45, 2.75) is 51.1 Å². The van der Waals surface area contributed by atoms with Crippen LogP contribution in [0.25, 0.3) is 0 Å². The minimum absolute atomic E-state index is 0.104. The van der Waals surface area contributed by atoms with E-state index in [1.54, 1.807) is 0 Å². The zero-order valence-electron chi connectivity index (χ0n) is 11.0. The number of likely N-dealkylation sites (N-methyl/N-ethyl adjacent to an activating group) is 1. The first-order valence-electron chi connectivity index (χ1n) is 6.42. The van der Waals surface area contributed by atoms with Crippen LogP contribution in [0.5, 0.6) is 0 Å². The Kier molecular flexibility index (Phi) is 3.54. The number of hydrogen-bond donors (Lipinski definition) is 2. The number of imidazole rings is 1. The molecule has 0 aliphatic heterocycles. The number of nitrogens with one attached hydrogen (secondary N) is 1. The number of aryl methyl sites for hydroxylation is 1. The molecule has 96 valence electrons. The van der Waals surface area contributed by atoms with Crippen molar-refractivity contribution >= 4 is 0 Å². The molecular weight excluding hydrogens is 214 g/mol. The average molecular weight is 237 g/mol. The highest BCUT2D eigenvalue weighted by molar-refractivity contribution is 5.11. The largest absolute Gasteiger partial charge is 0.394 e. The fourth-order valence-corrected chi connectivity index (χ4v) is 2.90. The summed E-state index contributed by atoms with van der Waals surface area (Å²) in [5.41, 5.74) is 2.25. The summed E-state index contributed by atoms with van der Waals surface area (Å²) >= 11 is 0. The van der Waals surface area contributed by atoms with E-state index < -0.39 is 0 Å². The van der Waals surface area contributed by atoms with Crippen molar-refractivity contribution in [3.05, 3.63) is 17.7 Å². The van der Waals surface area contributed by atoms with E-state index >= 15 is 0 Å². The second-order valence-corrected chi connectivity index (χ2v) is 5.26. The Bertz CT molecular complexity index is 382. The van der Waals surface area contributed by atoms with E-state index in [9.17, 15) is 5.11 Å². The monoisotopic (exact) mass is 237 g/mol. The Labute approximate surface area is 103 Å². The van der Waals surface area contributed by atoms with E-state index in [2.05, 4.69) is 21.8 Å². The van der Waals surface area contributed by atoms with Gasteiger partial charge in [-0.3, -0.25) is 0 Å². The van der Waals surface area contributed by atoms with Crippen LogP contribution in [0, 0.1) is 13.8 Å². The maximum atomic E-state index is 9.59. The van der Waals surface area contributed by atoms with Gasteiger partial charge in [-0.15, -0.1) is 0 Å². The SMILES string of the molecule is CNC1(CO)CCCC(n2cnc(C)c2C)C1. The van der Waals surface area contributed by atoms with Gasteiger partial charge < -0.3 is 15.0 Å². The third-order valence-corrected chi connectivity index (χ3v) is 4.33. The first-order chi connectivity index (χ1) is 8.12. The highest BCUT2D eigenvalue weighted by Crippen LogP contribution is 2.35. The van der Waals surface area contributed by atoms with Crippen LogP contribution in [0.4, 0.5) is 0 Å². The Morgan fingerprint density at radius 2 is 2.35 bits per heavy atom. The summed E-state index contributed by atoms with van der Waals surface area (Å²) in [6, 6.07) is 0.463. The van der Waals surface area contributed by atoms with Gasteiger partial charge in [0.2, 0.25) is 0 Å². The van der Waals surface area contributed by atoms with Gasteiger partial charge in [0.15, 0.2) is 0 Å². The van der Waals surface area contributed by atoms with Crippen molar-refractivity contribution in [1.29, 1.82) is 0 Å². The third-order valence-electron chi connectivity index (χ3n) is 4.33. The molecule has 1 heterocycles. The predicted molar refractivity (Wildman–Crippen MR) is 68.1 cm³/mol. The molecular formula is C13H23N3O. The summed E-state index contributed by atoms with van der Waals surface area (Å²) in [4.78, 5) is 4.37. The molecule has 4 heteroatoms. The molecule has 1 aromatic heterocycles. The van der Waals surface area contributed by atoms with Crippen molar-refractivity contribution in [2.24, 2.45) is 0 Å². The maximum absolute atomic E-state index is 9.59. The van der Waals surface area contributed by atoms with E-state index in [0.29, 0.717) is 6.04 Å². The standard InChI is InChI=1S/C13H23N3O/c1-10-11(2)16(9-15-10)12-5-4-6-13(7-12,8-17)14-3/h9,12,14,17H,4-8H2,1-3H3. The molecule has 17 heavy (non-hydrogen) atoms. The van der Waals surface area contributed by atoms with Crippen molar-refractivity contribution in [1.82, 2.24) is 14.9 Å². The van der Waals surface area contributed by atoms with Crippen LogP contribution >= 0.6 is 0 Å². The van der Waals surface area contributed by atoms with Gasteiger partial charge in [-0.2, -0.15) is 0 Å². The van der Waals surface area contributed by atoms with Crippen LogP contribution < -0.4 is 5.32 Å². The van der Waals surface area contributed by atoms with Crippen LogP contribution in [0.2, 0.25) is 0 Å². The van der Waals surface area contributed by atoms with Gasteiger partial charge in [-0.25, -0.2) is 4.98 Å². The lowest BCUT2D eigenvalue weighted by molar-refractivity contribution is 0.104. The van der Waals surface area contributed by atoms with Crippen LogP contribution in [0.3, 0.4) is 0 Å². The van der Waals surface area contributed by atoms with Gasteiger partial charge >= 0.3 is 0 Å². The number of rotatable bonds is 3. The van der Waals surface area contributed by atoms with Crippen molar-refractivity contribution in [3.8, 4) is 0 Å². The Balaban J connectivity index is 2.20. The molecule has 1 saturated carbocycles. The lowest BCUT2D eigenvalue weighted by Gasteiger charge is -2.40. The summed E-state index contributed by atoms with van der Waals surface area (Å²) in [6.07, 6.45) is 6.32. The summed E-state index contributed by atoms with van der Waals surface area (Å²) < 4.78 is 2.27. The first kappa shape index (κ1) is 12.6. The highest BCUT2D eigenvalue weighted by Gasteiger charge is 2.35. The Morgan fingerprint density at radius 3 is 2.88 bits per heavy atom. The lowest BCUT2D eigenvalue weighted by atomic mass is 9.79. The van der Waals surface area contributed by atoms with E-state index in [1.165, 1.54) is 12.1 Å². The topological polar surface area (TPSA) is 50.1 Å². The summed E-state index contributed by atoms with van der Waals surface area (Å²) in [5.74, 6) is 0. The molecule has 2 unspecified atom stereocenters. The van der Waals surface area contributed by atoms with E-state index in [1.807, 2.05) is 20.3 Å². The number of aromatic nitrogens is 2. The fourth-order valence-electron chi connectivity index (χ4n) is 2.90. The molecule has 0 saturated heterocycles. The molecule has 1 aromatic rings. The summed E-state index contributed by atoms with van der Waals surface area (Å²) in [5, 5.41) is 12.9. The molecule has 0 radical (unpaired) electrons. The molecule has 4 nitrogen and oxygen atoms in total. The quantitative estimate of drug-likeness (QED) is 0.839. The van der Waals surface area contributed by atoms with Gasteiger partial charge in [-0.05, 0) is 46.6 Å². The Morgan fingerprint density at radius 1 is 1.59 bits per heavy atom. The molecule has 0 aromatic carbocycles. The highest BCUT2D eigenvalue weighted by atomic mass is 16.3. The minimum Gasteiger partial charge on any atom is -0.394 e. The van der Waals surface area contributed by atoms with Crippen molar-refractivity contribution in [3.63, 3.8) is 0 Å². The van der Waals surface area contributed by atoms with Gasteiger partial charge in [0.1, 0.15) is 0 Å². The number of aliphatic hydroxyl groups excluding tert-OH is 1. The van der Waals surface area contributed by atoms with Crippen molar-refractivity contribution < 1.29 is 5.11 Å². The zero-order chi connectivity index (χ0) is 12.5. The first-order valence-corrected chi connectivity index (χ1v) is 6.42. The zero-order valence-corrected chi connectivity index (χ0v) is 11.0. The molecule has 0 spiro atoms. The van der Waals surface area contributed by atoms with E-state index in [0.717, 1.165) is 25.0 Å². The van der Waals surface area contributed by atoms with E-state index in [-0.39, 0.29) is 12.1 Å². The molecule has 2 N–H and O–H groups in total. The van der Waals surface area contributed by atoms with Gasteiger partial charge in [0, 0.05) is 17.3 Å². The molecule has 2 rings (SSSR count). The molecule has 1 aliphatic rings. The number of aliphatic hydroxyl groups is 1. The maximum Gasteiger partial charge on any atom is 0.0954 e. The van der Waals surface area contributed by atoms with E-state index in [4.69, 9.17) is 0 Å².